The number of azo groups is 1. The summed E-state index contributed by atoms with van der Waals surface area (Å²) in [6.07, 6.45) is 3.42. The van der Waals surface area contributed by atoms with Crippen LogP contribution < -0.4 is 16.0 Å². The van der Waals surface area contributed by atoms with Crippen molar-refractivity contribution < 1.29 is 28.8 Å². The fourth-order valence-electron chi connectivity index (χ4n) is 4.86. The van der Waals surface area contributed by atoms with Crippen molar-refractivity contribution in [2.45, 2.75) is 44.3 Å². The molecular formula is C30H43Cl2N11O6S. The van der Waals surface area contributed by atoms with Crippen LogP contribution in [0.4, 0.5) is 15.4 Å². The lowest BCUT2D eigenvalue weighted by Gasteiger charge is -2.37. The average Bonchev–Trinajstić information content (AvgIpc) is 3.48. The number of aromatic nitrogens is 2. The molecule has 4 rings (SSSR count). The summed E-state index contributed by atoms with van der Waals surface area (Å²) >= 11 is 7.17. The number of rotatable bonds is 5. The Labute approximate surface area is 305 Å². The number of hydrogen-bond acceptors (Lipinski definition) is 10. The van der Waals surface area contributed by atoms with Gasteiger partial charge in [-0.1, -0.05) is 21.8 Å². The van der Waals surface area contributed by atoms with E-state index in [4.69, 9.17) is 11.6 Å². The van der Waals surface area contributed by atoms with E-state index >= 15 is 0 Å². The first-order valence-corrected chi connectivity index (χ1v) is 16.5. The molecule has 1 aliphatic carbocycles. The number of carbonyl (C=O) groups excluding carboxylic acids is 6. The molecule has 1 fully saturated rings. The van der Waals surface area contributed by atoms with Gasteiger partial charge in [0.1, 0.15) is 5.82 Å². The minimum Gasteiger partial charge on any atom is -0.349 e. The third-order valence-electron chi connectivity index (χ3n) is 7.55. The summed E-state index contributed by atoms with van der Waals surface area (Å²) in [4.78, 5) is 88.2. The molecule has 0 bridgehead atoms. The Morgan fingerprint density at radius 2 is 1.54 bits per heavy atom. The van der Waals surface area contributed by atoms with Gasteiger partial charge in [0.15, 0.2) is 5.01 Å². The monoisotopic (exact) mass is 755 g/mol. The predicted molar refractivity (Wildman–Crippen MR) is 190 cm³/mol. The molecule has 3 N–H and O–H groups in total. The van der Waals surface area contributed by atoms with Gasteiger partial charge in [-0.2, -0.15) is 0 Å². The van der Waals surface area contributed by atoms with Crippen LogP contribution in [-0.4, -0.2) is 133 Å². The largest absolute Gasteiger partial charge is 0.361 e. The second-order valence-electron chi connectivity index (χ2n) is 12.1. The van der Waals surface area contributed by atoms with Gasteiger partial charge in [-0.25, -0.2) is 19.6 Å². The number of halogens is 2. The van der Waals surface area contributed by atoms with Gasteiger partial charge in [-0.15, -0.1) is 23.7 Å². The highest BCUT2D eigenvalue weighted by molar-refractivity contribution is 7.13. The molecule has 0 saturated heterocycles. The second-order valence-corrected chi connectivity index (χ2v) is 13.7. The fourth-order valence-corrected chi connectivity index (χ4v) is 6.07. The van der Waals surface area contributed by atoms with E-state index in [1.165, 1.54) is 66.5 Å². The van der Waals surface area contributed by atoms with Crippen LogP contribution in [0.5, 0.6) is 0 Å². The fraction of sp³-hybridized carbons (Fsp3) is 0.533. The number of carbonyl (C=O) groups is 6. The Balaban J connectivity index is 0.000000572. The minimum absolute atomic E-state index is 0. The number of likely N-dealkylation sites (N-methyl/N-ethyl adjacent to an activating group) is 1. The molecule has 0 spiro atoms. The summed E-state index contributed by atoms with van der Waals surface area (Å²) in [6.45, 7) is 1.63. The molecule has 3 heterocycles. The highest BCUT2D eigenvalue weighted by Crippen LogP contribution is 2.28. The lowest BCUT2D eigenvalue weighted by Crippen LogP contribution is -2.57. The number of thiazole rings is 1. The Hall–Kier alpha value is -4.26. The van der Waals surface area contributed by atoms with E-state index in [0.29, 0.717) is 29.3 Å². The first-order valence-electron chi connectivity index (χ1n) is 15.3. The molecule has 1 saturated carbocycles. The number of nitrogens with one attached hydrogen (secondary N) is 3. The number of pyridine rings is 1. The highest BCUT2D eigenvalue weighted by atomic mass is 35.5. The molecule has 274 valence electrons. The van der Waals surface area contributed by atoms with Gasteiger partial charge in [0.05, 0.1) is 16.8 Å². The van der Waals surface area contributed by atoms with E-state index in [2.05, 4.69) is 41.0 Å². The quantitative estimate of drug-likeness (QED) is 0.303. The second kappa shape index (κ2) is 19.2. The van der Waals surface area contributed by atoms with E-state index in [1.807, 2.05) is 7.05 Å². The molecule has 1 aliphatic heterocycles. The van der Waals surface area contributed by atoms with Crippen molar-refractivity contribution >= 4 is 76.9 Å². The number of amides is 8. The molecule has 8 amide bonds. The Morgan fingerprint density at radius 3 is 2.10 bits per heavy atom. The van der Waals surface area contributed by atoms with Crippen molar-refractivity contribution in [3.05, 3.63) is 38.9 Å². The van der Waals surface area contributed by atoms with E-state index in [9.17, 15) is 28.8 Å². The molecule has 3 atom stereocenters. The molecular weight excluding hydrogens is 713 g/mol. The molecule has 0 unspecified atom stereocenters. The summed E-state index contributed by atoms with van der Waals surface area (Å²) in [7, 11) is 11.5. The number of fused-ring (bicyclic) bond motifs is 1. The summed E-state index contributed by atoms with van der Waals surface area (Å²) < 4.78 is 0. The van der Waals surface area contributed by atoms with Gasteiger partial charge in [0.25, 0.3) is 5.91 Å². The van der Waals surface area contributed by atoms with E-state index in [0.717, 1.165) is 30.1 Å². The van der Waals surface area contributed by atoms with Crippen LogP contribution in [0, 0.1) is 5.92 Å². The van der Waals surface area contributed by atoms with Crippen molar-refractivity contribution in [2.75, 3.05) is 61.2 Å². The molecule has 50 heavy (non-hydrogen) atoms. The van der Waals surface area contributed by atoms with Crippen LogP contribution in [0.15, 0.2) is 28.6 Å². The molecule has 2 aromatic heterocycles. The number of urea groups is 2. The molecule has 0 aromatic carbocycles. The molecule has 2 aromatic rings. The maximum Gasteiger partial charge on any atom is 0.361 e. The van der Waals surface area contributed by atoms with Gasteiger partial charge >= 0.3 is 23.9 Å². The minimum atomic E-state index is -0.886. The summed E-state index contributed by atoms with van der Waals surface area (Å²) in [5.41, 5.74) is 0.940. The van der Waals surface area contributed by atoms with E-state index < -0.39 is 36.0 Å². The Bertz CT molecular complexity index is 1550. The van der Waals surface area contributed by atoms with E-state index in [1.54, 1.807) is 20.2 Å². The number of hydrogen-bond donors (Lipinski definition) is 3. The maximum absolute atomic E-state index is 13.2. The SMILES string of the molecule is CN(C)C(=O)N=NC(=O)N(C)C.CN1CCc2nc(C(=O)N[C@@H]3C[C@@H](C(=O)N(C)C)CC[C@@H]3NC(=O)C(=O)Nc3ccc(Cl)cn3)sc2C1.Cl. The normalized spacial score (nSPS) is 18.3. The predicted octanol–water partition coefficient (Wildman–Crippen LogP) is 2.51. The van der Waals surface area contributed by atoms with Crippen molar-refractivity contribution in [1.29, 1.82) is 0 Å². The van der Waals surface area contributed by atoms with Crippen LogP contribution >= 0.6 is 35.3 Å². The van der Waals surface area contributed by atoms with E-state index in [-0.39, 0.29) is 36.0 Å². The van der Waals surface area contributed by atoms with Gasteiger partial charge in [-0.3, -0.25) is 19.2 Å². The van der Waals surface area contributed by atoms with Crippen LogP contribution in [0.25, 0.3) is 0 Å². The zero-order chi connectivity index (χ0) is 36.4. The molecule has 20 heteroatoms. The number of nitrogens with zero attached hydrogens (tertiary/aromatic N) is 8. The van der Waals surface area contributed by atoms with Crippen molar-refractivity contribution in [3.8, 4) is 0 Å². The molecule has 0 radical (unpaired) electrons. The molecule has 2 aliphatic rings. The maximum atomic E-state index is 13.2. The van der Waals surface area contributed by atoms with Crippen LogP contribution in [0.1, 0.15) is 39.6 Å². The topological polar surface area (TPSA) is 202 Å². The van der Waals surface area contributed by atoms with Gasteiger partial charge in [-0.05, 0) is 38.4 Å². The van der Waals surface area contributed by atoms with Gasteiger partial charge in [0, 0.05) is 84.8 Å². The Morgan fingerprint density at radius 1 is 0.900 bits per heavy atom. The summed E-state index contributed by atoms with van der Waals surface area (Å²) in [6, 6.07) is 0.845. The van der Waals surface area contributed by atoms with Gasteiger partial charge in [0.2, 0.25) is 5.91 Å². The lowest BCUT2D eigenvalue weighted by atomic mass is 9.81. The first-order chi connectivity index (χ1) is 23.0. The van der Waals surface area contributed by atoms with Gasteiger partial charge < -0.3 is 35.6 Å². The summed E-state index contributed by atoms with van der Waals surface area (Å²) in [5.74, 6) is -2.25. The zero-order valence-corrected chi connectivity index (χ0v) is 31.3. The van der Waals surface area contributed by atoms with Crippen molar-refractivity contribution in [3.63, 3.8) is 0 Å². The first kappa shape index (κ1) is 41.9. The third-order valence-corrected chi connectivity index (χ3v) is 8.86. The van der Waals surface area contributed by atoms with Crippen molar-refractivity contribution in [1.82, 2.24) is 40.2 Å². The zero-order valence-electron chi connectivity index (χ0n) is 28.9. The van der Waals surface area contributed by atoms with Crippen LogP contribution in [-0.2, 0) is 27.3 Å². The molecule has 17 nitrogen and oxygen atoms in total. The Kier molecular flexibility index (Phi) is 16.1. The lowest BCUT2D eigenvalue weighted by molar-refractivity contribution is -0.137. The van der Waals surface area contributed by atoms with Crippen LogP contribution in [0.3, 0.4) is 0 Å². The highest BCUT2D eigenvalue weighted by Gasteiger charge is 2.37. The average molecular weight is 757 g/mol. The smallest absolute Gasteiger partial charge is 0.349 e. The third kappa shape index (κ3) is 12.3. The van der Waals surface area contributed by atoms with Crippen LogP contribution in [0.2, 0.25) is 5.02 Å². The van der Waals surface area contributed by atoms with Crippen molar-refractivity contribution in [2.24, 2.45) is 16.1 Å². The standard InChI is InChI=1S/C24H30ClN7O4S.C6H12N4O2.ClH/c1-31(2)24(36)13-4-6-15(27-20(33)21(34)30-19-7-5-14(25)11-26-19)17(10-13)28-22(35)23-29-16-8-9-32(3)12-18(16)37-23;1-9(2)5(11)7-8-6(12)10(3)4;/h5,7,11,13,15,17H,4,6,8-10,12H2,1-3H3,(H,27,33)(H,28,35)(H,26,30,34);1-4H3;1H/t13-,15-,17+;;/m0../s1. The summed E-state index contributed by atoms with van der Waals surface area (Å²) in [5, 5.41) is 15.2. The number of anilines is 1.